The lowest BCUT2D eigenvalue weighted by molar-refractivity contribution is 0.712. The van der Waals surface area contributed by atoms with Crippen molar-refractivity contribution in [1.82, 2.24) is 15.0 Å². The van der Waals surface area contributed by atoms with Crippen molar-refractivity contribution in [3.05, 3.63) is 41.7 Å². The maximum absolute atomic E-state index is 8.72. The molecule has 17 heavy (non-hydrogen) atoms. The van der Waals surface area contributed by atoms with Gasteiger partial charge in [0.05, 0.1) is 18.2 Å². The molecule has 5 heteroatoms. The SMILES string of the molecule is CN(Cc1cn(C)nn1)c1ccc(C#N)cc1. The van der Waals surface area contributed by atoms with Crippen LogP contribution in [0, 0.1) is 11.3 Å². The van der Waals surface area contributed by atoms with Crippen molar-refractivity contribution in [2.75, 3.05) is 11.9 Å². The molecule has 86 valence electrons. The van der Waals surface area contributed by atoms with Crippen molar-refractivity contribution < 1.29 is 0 Å². The van der Waals surface area contributed by atoms with E-state index >= 15 is 0 Å². The molecule has 0 aliphatic rings. The molecule has 0 N–H and O–H groups in total. The Balaban J connectivity index is 2.09. The van der Waals surface area contributed by atoms with Crippen molar-refractivity contribution in [3.8, 4) is 6.07 Å². The van der Waals surface area contributed by atoms with Crippen molar-refractivity contribution >= 4 is 5.69 Å². The smallest absolute Gasteiger partial charge is 0.102 e. The summed E-state index contributed by atoms with van der Waals surface area (Å²) in [5.74, 6) is 0. The van der Waals surface area contributed by atoms with Gasteiger partial charge in [-0.1, -0.05) is 5.21 Å². The van der Waals surface area contributed by atoms with Crippen LogP contribution < -0.4 is 4.90 Å². The molecule has 0 aliphatic heterocycles. The highest BCUT2D eigenvalue weighted by Gasteiger charge is 2.04. The van der Waals surface area contributed by atoms with Crippen LogP contribution in [0.25, 0.3) is 0 Å². The number of benzene rings is 1. The second-order valence-corrected chi connectivity index (χ2v) is 3.90. The third-order valence-corrected chi connectivity index (χ3v) is 2.49. The number of aromatic nitrogens is 3. The summed E-state index contributed by atoms with van der Waals surface area (Å²) in [7, 11) is 3.83. The van der Waals surface area contributed by atoms with Crippen LogP contribution in [-0.4, -0.2) is 22.0 Å². The van der Waals surface area contributed by atoms with Gasteiger partial charge in [0.15, 0.2) is 0 Å². The van der Waals surface area contributed by atoms with Gasteiger partial charge in [0.25, 0.3) is 0 Å². The molecule has 2 rings (SSSR count). The fourth-order valence-electron chi connectivity index (χ4n) is 1.59. The molecule has 0 unspecified atom stereocenters. The standard InChI is InChI=1S/C12H13N5/c1-16(8-11-9-17(2)15-14-11)12-5-3-10(7-13)4-6-12/h3-6,9H,8H2,1-2H3. The molecule has 0 amide bonds. The quantitative estimate of drug-likeness (QED) is 0.793. The van der Waals surface area contributed by atoms with E-state index in [4.69, 9.17) is 5.26 Å². The summed E-state index contributed by atoms with van der Waals surface area (Å²) in [5, 5.41) is 16.6. The average molecular weight is 227 g/mol. The molecule has 0 spiro atoms. The largest absolute Gasteiger partial charge is 0.369 e. The lowest BCUT2D eigenvalue weighted by Crippen LogP contribution is -2.16. The predicted octanol–water partition coefficient (Wildman–Crippen LogP) is 1.32. The first-order chi connectivity index (χ1) is 8.19. The highest BCUT2D eigenvalue weighted by Crippen LogP contribution is 2.15. The Morgan fingerprint density at radius 3 is 2.59 bits per heavy atom. The maximum Gasteiger partial charge on any atom is 0.102 e. The molecule has 0 atom stereocenters. The van der Waals surface area contributed by atoms with Crippen LogP contribution >= 0.6 is 0 Å². The van der Waals surface area contributed by atoms with Gasteiger partial charge in [-0.05, 0) is 24.3 Å². The van der Waals surface area contributed by atoms with Gasteiger partial charge in [0.1, 0.15) is 5.69 Å². The Morgan fingerprint density at radius 2 is 2.06 bits per heavy atom. The fraction of sp³-hybridized carbons (Fsp3) is 0.250. The minimum Gasteiger partial charge on any atom is -0.369 e. The van der Waals surface area contributed by atoms with E-state index in [0.29, 0.717) is 12.1 Å². The molecular formula is C12H13N5. The highest BCUT2D eigenvalue weighted by atomic mass is 15.4. The summed E-state index contributed by atoms with van der Waals surface area (Å²) in [6.45, 7) is 0.694. The number of hydrogen-bond donors (Lipinski definition) is 0. The van der Waals surface area contributed by atoms with E-state index in [1.165, 1.54) is 0 Å². The van der Waals surface area contributed by atoms with Gasteiger partial charge in [-0.15, -0.1) is 5.10 Å². The number of aryl methyl sites for hydroxylation is 1. The van der Waals surface area contributed by atoms with Crippen LogP contribution in [0.2, 0.25) is 0 Å². The Kier molecular flexibility index (Phi) is 3.06. The fourth-order valence-corrected chi connectivity index (χ4v) is 1.59. The lowest BCUT2D eigenvalue weighted by atomic mass is 10.2. The van der Waals surface area contributed by atoms with Crippen molar-refractivity contribution in [1.29, 1.82) is 5.26 Å². The van der Waals surface area contributed by atoms with Gasteiger partial charge in [0, 0.05) is 26.0 Å². The summed E-state index contributed by atoms with van der Waals surface area (Å²) >= 11 is 0. The lowest BCUT2D eigenvalue weighted by Gasteiger charge is -2.17. The summed E-state index contributed by atoms with van der Waals surface area (Å²) in [5.41, 5.74) is 2.63. The van der Waals surface area contributed by atoms with Crippen LogP contribution in [0.4, 0.5) is 5.69 Å². The molecule has 1 heterocycles. The highest BCUT2D eigenvalue weighted by molar-refractivity contribution is 5.49. The van der Waals surface area contributed by atoms with Crippen LogP contribution in [-0.2, 0) is 13.6 Å². The second-order valence-electron chi connectivity index (χ2n) is 3.90. The molecule has 5 nitrogen and oxygen atoms in total. The van der Waals surface area contributed by atoms with Crippen molar-refractivity contribution in [3.63, 3.8) is 0 Å². The molecular weight excluding hydrogens is 214 g/mol. The van der Waals surface area contributed by atoms with Gasteiger partial charge in [-0.2, -0.15) is 5.26 Å². The summed E-state index contributed by atoms with van der Waals surface area (Å²) < 4.78 is 1.68. The Morgan fingerprint density at radius 1 is 1.35 bits per heavy atom. The molecule has 1 aromatic carbocycles. The monoisotopic (exact) mass is 227 g/mol. The summed E-state index contributed by atoms with van der Waals surface area (Å²) in [6, 6.07) is 9.57. The van der Waals surface area contributed by atoms with E-state index < -0.39 is 0 Å². The minimum atomic E-state index is 0.668. The predicted molar refractivity (Wildman–Crippen MR) is 64.3 cm³/mol. The number of hydrogen-bond acceptors (Lipinski definition) is 4. The van der Waals surface area contributed by atoms with Crippen LogP contribution in [0.15, 0.2) is 30.5 Å². The summed E-state index contributed by atoms with van der Waals surface area (Å²) in [6.07, 6.45) is 1.89. The van der Waals surface area contributed by atoms with E-state index in [1.54, 1.807) is 4.68 Å². The molecule has 0 aliphatic carbocycles. The van der Waals surface area contributed by atoms with Gasteiger partial charge >= 0.3 is 0 Å². The topological polar surface area (TPSA) is 57.7 Å². The third-order valence-electron chi connectivity index (χ3n) is 2.49. The third kappa shape index (κ3) is 2.61. The zero-order valence-electron chi connectivity index (χ0n) is 9.83. The zero-order valence-corrected chi connectivity index (χ0v) is 9.83. The maximum atomic E-state index is 8.72. The van der Waals surface area contributed by atoms with Gasteiger partial charge in [0.2, 0.25) is 0 Å². The van der Waals surface area contributed by atoms with E-state index in [1.807, 2.05) is 44.6 Å². The first-order valence-electron chi connectivity index (χ1n) is 5.25. The molecule has 0 saturated carbocycles. The zero-order chi connectivity index (χ0) is 12.3. The van der Waals surface area contributed by atoms with Crippen LogP contribution in [0.3, 0.4) is 0 Å². The first kappa shape index (κ1) is 11.1. The minimum absolute atomic E-state index is 0.668. The molecule has 0 bridgehead atoms. The number of nitriles is 1. The van der Waals surface area contributed by atoms with E-state index in [-0.39, 0.29) is 0 Å². The molecule has 0 radical (unpaired) electrons. The normalized spacial score (nSPS) is 9.94. The number of anilines is 1. The van der Waals surface area contributed by atoms with Crippen molar-refractivity contribution in [2.45, 2.75) is 6.54 Å². The van der Waals surface area contributed by atoms with E-state index in [9.17, 15) is 0 Å². The molecule has 1 aromatic heterocycles. The first-order valence-corrected chi connectivity index (χ1v) is 5.25. The van der Waals surface area contributed by atoms with Gasteiger partial charge in [-0.25, -0.2) is 0 Å². The average Bonchev–Trinajstić information content (AvgIpc) is 2.75. The van der Waals surface area contributed by atoms with E-state index in [0.717, 1.165) is 11.4 Å². The van der Waals surface area contributed by atoms with Gasteiger partial charge < -0.3 is 4.90 Å². The number of nitrogens with zero attached hydrogens (tertiary/aromatic N) is 5. The Bertz CT molecular complexity index is 535. The summed E-state index contributed by atoms with van der Waals surface area (Å²) in [4.78, 5) is 2.06. The van der Waals surface area contributed by atoms with Crippen LogP contribution in [0.1, 0.15) is 11.3 Å². The van der Waals surface area contributed by atoms with Crippen LogP contribution in [0.5, 0.6) is 0 Å². The van der Waals surface area contributed by atoms with Gasteiger partial charge in [-0.3, -0.25) is 4.68 Å². The number of rotatable bonds is 3. The molecule has 0 saturated heterocycles. The Labute approximate surface area is 99.9 Å². The molecule has 2 aromatic rings. The van der Waals surface area contributed by atoms with E-state index in [2.05, 4.69) is 21.3 Å². The molecule has 0 fully saturated rings. The second kappa shape index (κ2) is 4.66. The Hall–Kier alpha value is -2.35. The van der Waals surface area contributed by atoms with Crippen molar-refractivity contribution in [2.24, 2.45) is 7.05 Å².